The molecule has 1 aliphatic heterocycles. The molecule has 0 radical (unpaired) electrons. The predicted octanol–water partition coefficient (Wildman–Crippen LogP) is 1.42. The van der Waals surface area contributed by atoms with Crippen molar-refractivity contribution in [2.24, 2.45) is 0 Å². The lowest BCUT2D eigenvalue weighted by Gasteiger charge is -2.33. The molecule has 1 fully saturated rings. The molecule has 1 N–H and O–H groups in total. The van der Waals surface area contributed by atoms with Gasteiger partial charge in [-0.1, -0.05) is 12.1 Å². The number of likely N-dealkylation sites (tertiary alicyclic amines) is 1. The second-order valence-electron chi connectivity index (χ2n) is 5.43. The fraction of sp³-hybridized carbons (Fsp3) is 0.562. The Morgan fingerprint density at radius 1 is 1.43 bits per heavy atom. The lowest BCUT2D eigenvalue weighted by atomic mass is 10.0. The lowest BCUT2D eigenvalue weighted by molar-refractivity contribution is -0.125. The van der Waals surface area contributed by atoms with Gasteiger partial charge in [0.1, 0.15) is 12.4 Å². The lowest BCUT2D eigenvalue weighted by Crippen LogP contribution is -2.48. The van der Waals surface area contributed by atoms with Crippen molar-refractivity contribution in [2.75, 3.05) is 33.9 Å². The van der Waals surface area contributed by atoms with Crippen LogP contribution in [0.2, 0.25) is 0 Å². The number of benzene rings is 1. The van der Waals surface area contributed by atoms with E-state index in [0.29, 0.717) is 0 Å². The predicted molar refractivity (Wildman–Crippen MR) is 81.3 cm³/mol. The van der Waals surface area contributed by atoms with E-state index >= 15 is 0 Å². The van der Waals surface area contributed by atoms with Crippen LogP contribution in [0.5, 0.6) is 5.75 Å². The number of amides is 1. The maximum Gasteiger partial charge on any atom is 0.246 e. The highest BCUT2D eigenvalue weighted by Gasteiger charge is 2.21. The quantitative estimate of drug-likeness (QED) is 0.861. The second kappa shape index (κ2) is 8.00. The third-order valence-electron chi connectivity index (χ3n) is 3.69. The first-order valence-corrected chi connectivity index (χ1v) is 7.35. The SMILES string of the molecule is COCC(=O)NC1CCCN(Cc2cccc(OC)c2)C1. The standard InChI is InChI=1S/C16H24N2O3/c1-20-12-16(19)17-14-6-4-8-18(11-14)10-13-5-3-7-15(9-13)21-2/h3,5,7,9,14H,4,6,8,10-12H2,1-2H3,(H,17,19). The van der Waals surface area contributed by atoms with E-state index in [1.807, 2.05) is 12.1 Å². The van der Waals surface area contributed by atoms with Gasteiger partial charge in [0.25, 0.3) is 0 Å². The summed E-state index contributed by atoms with van der Waals surface area (Å²) in [5.74, 6) is 0.847. The first-order chi connectivity index (χ1) is 10.2. The molecule has 1 amide bonds. The van der Waals surface area contributed by atoms with Crippen LogP contribution in [0.25, 0.3) is 0 Å². The highest BCUT2D eigenvalue weighted by atomic mass is 16.5. The van der Waals surface area contributed by atoms with Gasteiger partial charge in [-0.15, -0.1) is 0 Å². The molecule has 1 aliphatic rings. The average molecular weight is 292 g/mol. The van der Waals surface area contributed by atoms with Gasteiger partial charge in [0.2, 0.25) is 5.91 Å². The molecule has 0 aliphatic carbocycles. The third kappa shape index (κ3) is 5.02. The maximum absolute atomic E-state index is 11.6. The molecule has 1 heterocycles. The Balaban J connectivity index is 1.87. The number of piperidine rings is 1. The van der Waals surface area contributed by atoms with Crippen LogP contribution < -0.4 is 10.1 Å². The minimum absolute atomic E-state index is 0.0364. The number of ether oxygens (including phenoxy) is 2. The molecule has 0 bridgehead atoms. The van der Waals surface area contributed by atoms with Gasteiger partial charge in [-0.2, -0.15) is 0 Å². The molecule has 1 atom stereocenters. The van der Waals surface area contributed by atoms with Crippen LogP contribution in [0.3, 0.4) is 0 Å². The van der Waals surface area contributed by atoms with Gasteiger partial charge in [0.05, 0.1) is 7.11 Å². The van der Waals surface area contributed by atoms with Gasteiger partial charge >= 0.3 is 0 Å². The third-order valence-corrected chi connectivity index (χ3v) is 3.69. The highest BCUT2D eigenvalue weighted by Crippen LogP contribution is 2.17. The molecule has 1 aromatic rings. The van der Waals surface area contributed by atoms with Gasteiger partial charge in [-0.05, 0) is 37.1 Å². The van der Waals surface area contributed by atoms with Crippen LogP contribution in [-0.2, 0) is 16.1 Å². The summed E-state index contributed by atoms with van der Waals surface area (Å²) in [6, 6.07) is 8.35. The molecule has 0 saturated carbocycles. The van der Waals surface area contributed by atoms with Crippen molar-refractivity contribution in [3.63, 3.8) is 0 Å². The largest absolute Gasteiger partial charge is 0.497 e. The van der Waals surface area contributed by atoms with Crippen molar-refractivity contribution in [1.82, 2.24) is 10.2 Å². The fourth-order valence-electron chi connectivity index (χ4n) is 2.75. The molecule has 21 heavy (non-hydrogen) atoms. The van der Waals surface area contributed by atoms with Crippen molar-refractivity contribution >= 4 is 5.91 Å². The van der Waals surface area contributed by atoms with Crippen LogP contribution >= 0.6 is 0 Å². The average Bonchev–Trinajstić information content (AvgIpc) is 2.48. The molecule has 1 aromatic carbocycles. The molecule has 2 rings (SSSR count). The molecule has 116 valence electrons. The zero-order chi connectivity index (χ0) is 15.1. The van der Waals surface area contributed by atoms with Crippen molar-refractivity contribution in [3.05, 3.63) is 29.8 Å². The molecule has 1 saturated heterocycles. The van der Waals surface area contributed by atoms with E-state index < -0.39 is 0 Å². The summed E-state index contributed by atoms with van der Waals surface area (Å²) in [6.45, 7) is 2.96. The van der Waals surface area contributed by atoms with Gasteiger partial charge in [0, 0.05) is 26.2 Å². The topological polar surface area (TPSA) is 50.8 Å². The van der Waals surface area contributed by atoms with Crippen LogP contribution in [0.4, 0.5) is 0 Å². The molecular weight excluding hydrogens is 268 g/mol. The number of nitrogens with zero attached hydrogens (tertiary/aromatic N) is 1. The highest BCUT2D eigenvalue weighted by molar-refractivity contribution is 5.77. The van der Waals surface area contributed by atoms with Crippen molar-refractivity contribution in [2.45, 2.75) is 25.4 Å². The number of carbonyl (C=O) groups excluding carboxylic acids is 1. The van der Waals surface area contributed by atoms with E-state index in [1.54, 1.807) is 7.11 Å². The monoisotopic (exact) mass is 292 g/mol. The second-order valence-corrected chi connectivity index (χ2v) is 5.43. The Kier molecular flexibility index (Phi) is 6.02. The molecular formula is C16H24N2O3. The number of nitrogens with one attached hydrogen (secondary N) is 1. The summed E-state index contributed by atoms with van der Waals surface area (Å²) < 4.78 is 10.1. The first-order valence-electron chi connectivity index (χ1n) is 7.35. The number of carbonyl (C=O) groups is 1. The van der Waals surface area contributed by atoms with Crippen molar-refractivity contribution in [3.8, 4) is 5.75 Å². The summed E-state index contributed by atoms with van der Waals surface area (Å²) in [5.41, 5.74) is 1.23. The Hall–Kier alpha value is -1.59. The van der Waals surface area contributed by atoms with Crippen LogP contribution in [-0.4, -0.2) is 50.8 Å². The summed E-state index contributed by atoms with van der Waals surface area (Å²) in [5, 5.41) is 3.03. The molecule has 0 aromatic heterocycles. The summed E-state index contributed by atoms with van der Waals surface area (Å²) in [7, 11) is 3.22. The summed E-state index contributed by atoms with van der Waals surface area (Å²) >= 11 is 0. The summed E-state index contributed by atoms with van der Waals surface area (Å²) in [4.78, 5) is 14.0. The van der Waals surface area contributed by atoms with Crippen molar-refractivity contribution < 1.29 is 14.3 Å². The molecule has 5 nitrogen and oxygen atoms in total. The Morgan fingerprint density at radius 3 is 3.05 bits per heavy atom. The fourth-order valence-corrected chi connectivity index (χ4v) is 2.75. The van der Waals surface area contributed by atoms with E-state index in [1.165, 1.54) is 12.7 Å². The van der Waals surface area contributed by atoms with Crippen molar-refractivity contribution in [1.29, 1.82) is 0 Å². The van der Waals surface area contributed by atoms with Gasteiger partial charge < -0.3 is 14.8 Å². The maximum atomic E-state index is 11.6. The molecule has 1 unspecified atom stereocenters. The van der Waals surface area contributed by atoms with Crippen LogP contribution in [0.15, 0.2) is 24.3 Å². The van der Waals surface area contributed by atoms with Crippen LogP contribution in [0.1, 0.15) is 18.4 Å². The van der Waals surface area contributed by atoms with Gasteiger partial charge in [-0.3, -0.25) is 9.69 Å². The van der Waals surface area contributed by atoms with E-state index in [-0.39, 0.29) is 18.6 Å². The number of hydrogen-bond acceptors (Lipinski definition) is 4. The summed E-state index contributed by atoms with van der Waals surface area (Å²) in [6.07, 6.45) is 2.13. The van der Waals surface area contributed by atoms with E-state index in [9.17, 15) is 4.79 Å². The Morgan fingerprint density at radius 2 is 2.29 bits per heavy atom. The van der Waals surface area contributed by atoms with E-state index in [0.717, 1.165) is 38.2 Å². The van der Waals surface area contributed by atoms with Gasteiger partial charge in [-0.25, -0.2) is 0 Å². The first kappa shape index (κ1) is 15.8. The number of rotatable bonds is 6. The number of hydrogen-bond donors (Lipinski definition) is 1. The Labute approximate surface area is 126 Å². The van der Waals surface area contributed by atoms with E-state index in [4.69, 9.17) is 9.47 Å². The smallest absolute Gasteiger partial charge is 0.246 e. The van der Waals surface area contributed by atoms with Crippen LogP contribution in [0, 0.1) is 0 Å². The van der Waals surface area contributed by atoms with E-state index in [2.05, 4.69) is 22.3 Å². The zero-order valence-electron chi connectivity index (χ0n) is 12.8. The number of methoxy groups -OCH3 is 2. The minimum Gasteiger partial charge on any atom is -0.497 e. The molecule has 0 spiro atoms. The normalized spacial score (nSPS) is 19.2. The zero-order valence-corrected chi connectivity index (χ0v) is 12.8. The minimum atomic E-state index is -0.0364. The molecule has 5 heteroatoms. The van der Waals surface area contributed by atoms with Gasteiger partial charge in [0.15, 0.2) is 0 Å². The Bertz CT molecular complexity index is 465.